The Kier molecular flexibility index (Phi) is 6.51. The van der Waals surface area contributed by atoms with Gasteiger partial charge in [-0.15, -0.1) is 0 Å². The van der Waals surface area contributed by atoms with E-state index in [-0.39, 0.29) is 0 Å². The van der Waals surface area contributed by atoms with Crippen LogP contribution in [0.15, 0.2) is 67.8 Å². The third kappa shape index (κ3) is 4.50. The molecule has 0 aliphatic carbocycles. The van der Waals surface area contributed by atoms with Crippen LogP contribution in [0.25, 0.3) is 0 Å². The van der Waals surface area contributed by atoms with E-state index >= 15 is 0 Å². The van der Waals surface area contributed by atoms with Crippen molar-refractivity contribution in [1.29, 1.82) is 0 Å². The van der Waals surface area contributed by atoms with Crippen molar-refractivity contribution in [3.63, 3.8) is 0 Å². The maximum absolute atomic E-state index is 3.80. The van der Waals surface area contributed by atoms with Gasteiger partial charge in [-0.25, -0.2) is 0 Å². The summed E-state index contributed by atoms with van der Waals surface area (Å²) in [5.74, 6) is 0. The SMILES string of the molecule is C=CSc1cc(C)c(Sc2c(C)cc(SC=C)cc2C)c(C)c1. The predicted molar refractivity (Wildman–Crippen MR) is 108 cm³/mol. The van der Waals surface area contributed by atoms with E-state index in [1.807, 2.05) is 22.6 Å². The molecule has 0 spiro atoms. The second kappa shape index (κ2) is 8.18. The standard InChI is InChI=1S/C20H22S3/c1-7-21-17-9-13(3)19(14(4)10-17)23-20-15(5)11-18(22-8-2)12-16(20)6/h7-12H,1-2H2,3-6H3. The number of aryl methyl sites for hydroxylation is 4. The molecule has 0 aliphatic rings. The average Bonchev–Trinajstić information content (AvgIpc) is 2.45. The van der Waals surface area contributed by atoms with Gasteiger partial charge in [-0.3, -0.25) is 0 Å². The molecule has 0 fully saturated rings. The van der Waals surface area contributed by atoms with Crippen LogP contribution >= 0.6 is 35.3 Å². The summed E-state index contributed by atoms with van der Waals surface area (Å²) in [7, 11) is 0. The molecule has 3 heteroatoms. The zero-order valence-electron chi connectivity index (χ0n) is 14.1. The lowest BCUT2D eigenvalue weighted by Gasteiger charge is -2.15. The van der Waals surface area contributed by atoms with E-state index in [1.165, 1.54) is 41.8 Å². The highest BCUT2D eigenvalue weighted by Crippen LogP contribution is 2.40. The van der Waals surface area contributed by atoms with Gasteiger partial charge in [0.05, 0.1) is 0 Å². The van der Waals surface area contributed by atoms with Gasteiger partial charge in [-0.2, -0.15) is 0 Å². The first kappa shape index (κ1) is 18.3. The lowest BCUT2D eigenvalue weighted by Crippen LogP contribution is -1.91. The molecule has 23 heavy (non-hydrogen) atoms. The molecule has 0 aromatic heterocycles. The first-order valence-electron chi connectivity index (χ1n) is 7.41. The van der Waals surface area contributed by atoms with E-state index in [9.17, 15) is 0 Å². The van der Waals surface area contributed by atoms with Crippen molar-refractivity contribution < 1.29 is 0 Å². The van der Waals surface area contributed by atoms with Crippen molar-refractivity contribution in [3.05, 3.63) is 70.5 Å². The van der Waals surface area contributed by atoms with Gasteiger partial charge in [0.1, 0.15) is 0 Å². The fourth-order valence-corrected chi connectivity index (χ4v) is 5.02. The summed E-state index contributed by atoms with van der Waals surface area (Å²) in [5.41, 5.74) is 5.29. The van der Waals surface area contributed by atoms with E-state index in [2.05, 4.69) is 65.1 Å². The largest absolute Gasteiger partial charge is 0.0987 e. The Morgan fingerprint density at radius 2 is 0.957 bits per heavy atom. The smallest absolute Gasteiger partial charge is 0.0181 e. The molecule has 2 aromatic carbocycles. The number of hydrogen-bond donors (Lipinski definition) is 0. The van der Waals surface area contributed by atoms with Crippen LogP contribution in [0.5, 0.6) is 0 Å². The van der Waals surface area contributed by atoms with Gasteiger partial charge in [-0.05, 0) is 85.0 Å². The van der Waals surface area contributed by atoms with Gasteiger partial charge in [-0.1, -0.05) is 48.4 Å². The highest BCUT2D eigenvalue weighted by molar-refractivity contribution is 8.02. The molecule has 120 valence electrons. The highest BCUT2D eigenvalue weighted by atomic mass is 32.2. The van der Waals surface area contributed by atoms with Crippen LogP contribution in [-0.4, -0.2) is 0 Å². The summed E-state index contributed by atoms with van der Waals surface area (Å²) in [6.07, 6.45) is 0. The van der Waals surface area contributed by atoms with Gasteiger partial charge in [0.2, 0.25) is 0 Å². The van der Waals surface area contributed by atoms with Crippen molar-refractivity contribution in [3.8, 4) is 0 Å². The topological polar surface area (TPSA) is 0 Å². The number of thioether (sulfide) groups is 2. The monoisotopic (exact) mass is 358 g/mol. The van der Waals surface area contributed by atoms with Crippen molar-refractivity contribution in [2.45, 2.75) is 47.3 Å². The Hall–Kier alpha value is -1.03. The molecular weight excluding hydrogens is 336 g/mol. The Bertz CT molecular complexity index is 635. The molecule has 0 heterocycles. The molecule has 0 bridgehead atoms. The van der Waals surface area contributed by atoms with E-state index in [4.69, 9.17) is 0 Å². The van der Waals surface area contributed by atoms with Crippen molar-refractivity contribution >= 4 is 35.3 Å². The zero-order chi connectivity index (χ0) is 17.0. The minimum atomic E-state index is 1.26. The number of benzene rings is 2. The maximum atomic E-state index is 3.80. The van der Waals surface area contributed by atoms with Gasteiger partial charge >= 0.3 is 0 Å². The fourth-order valence-electron chi connectivity index (χ4n) is 2.57. The lowest BCUT2D eigenvalue weighted by atomic mass is 10.1. The normalized spacial score (nSPS) is 10.6. The van der Waals surface area contributed by atoms with Crippen LogP contribution in [0.4, 0.5) is 0 Å². The molecule has 0 unspecified atom stereocenters. The second-order valence-electron chi connectivity index (χ2n) is 5.44. The summed E-state index contributed by atoms with van der Waals surface area (Å²) < 4.78 is 0. The summed E-state index contributed by atoms with van der Waals surface area (Å²) in [5, 5.41) is 3.76. The summed E-state index contributed by atoms with van der Waals surface area (Å²) in [4.78, 5) is 5.22. The van der Waals surface area contributed by atoms with Crippen LogP contribution in [0, 0.1) is 27.7 Å². The van der Waals surface area contributed by atoms with Crippen LogP contribution in [0.2, 0.25) is 0 Å². The predicted octanol–water partition coefficient (Wildman–Crippen LogP) is 7.54. The second-order valence-corrected chi connectivity index (χ2v) is 8.54. The Balaban J connectivity index is 2.39. The third-order valence-corrected chi connectivity index (χ3v) is 6.56. The molecule has 0 aliphatic heterocycles. The van der Waals surface area contributed by atoms with Crippen LogP contribution in [0.3, 0.4) is 0 Å². The highest BCUT2D eigenvalue weighted by Gasteiger charge is 2.12. The van der Waals surface area contributed by atoms with Gasteiger partial charge < -0.3 is 0 Å². The van der Waals surface area contributed by atoms with Gasteiger partial charge in [0.25, 0.3) is 0 Å². The van der Waals surface area contributed by atoms with E-state index in [0.717, 1.165) is 0 Å². The van der Waals surface area contributed by atoms with Crippen molar-refractivity contribution in [2.24, 2.45) is 0 Å². The molecule has 0 N–H and O–H groups in total. The molecule has 0 nitrogen and oxygen atoms in total. The van der Waals surface area contributed by atoms with Crippen LogP contribution in [0.1, 0.15) is 22.3 Å². The molecule has 0 amide bonds. The molecule has 0 saturated carbocycles. The molecule has 0 saturated heterocycles. The van der Waals surface area contributed by atoms with E-state index < -0.39 is 0 Å². The lowest BCUT2D eigenvalue weighted by molar-refractivity contribution is 1.14. The van der Waals surface area contributed by atoms with Gasteiger partial charge in [0, 0.05) is 19.6 Å². The van der Waals surface area contributed by atoms with Crippen LogP contribution < -0.4 is 0 Å². The van der Waals surface area contributed by atoms with Gasteiger partial charge in [0.15, 0.2) is 0 Å². The average molecular weight is 359 g/mol. The first-order chi connectivity index (χ1) is 11.0. The van der Waals surface area contributed by atoms with Crippen molar-refractivity contribution in [1.82, 2.24) is 0 Å². The number of hydrogen-bond acceptors (Lipinski definition) is 3. The maximum Gasteiger partial charge on any atom is 0.0181 e. The molecular formula is C20H22S3. The Morgan fingerprint density at radius 1 is 0.652 bits per heavy atom. The van der Waals surface area contributed by atoms with Crippen molar-refractivity contribution in [2.75, 3.05) is 0 Å². The molecule has 2 rings (SSSR count). The quantitative estimate of drug-likeness (QED) is 0.489. The first-order valence-corrected chi connectivity index (χ1v) is 9.99. The number of rotatable bonds is 6. The minimum absolute atomic E-state index is 1.26. The van der Waals surface area contributed by atoms with E-state index in [1.54, 1.807) is 23.5 Å². The minimum Gasteiger partial charge on any atom is -0.0987 e. The van der Waals surface area contributed by atoms with Crippen LogP contribution in [-0.2, 0) is 0 Å². The molecule has 0 atom stereocenters. The fraction of sp³-hybridized carbons (Fsp3) is 0.200. The van der Waals surface area contributed by atoms with E-state index in [0.29, 0.717) is 0 Å². The molecule has 2 aromatic rings. The summed E-state index contributed by atoms with van der Waals surface area (Å²) >= 11 is 5.23. The summed E-state index contributed by atoms with van der Waals surface area (Å²) in [6.45, 7) is 16.4. The zero-order valence-corrected chi connectivity index (χ0v) is 16.6. The third-order valence-electron chi connectivity index (χ3n) is 3.51. The summed E-state index contributed by atoms with van der Waals surface area (Å²) in [6, 6.07) is 8.98. The Labute approximate surface area is 152 Å². The Morgan fingerprint density at radius 3 is 1.22 bits per heavy atom. The molecule has 0 radical (unpaired) electrons.